The Morgan fingerprint density at radius 1 is 1.12 bits per heavy atom. The van der Waals surface area contributed by atoms with Crippen LogP contribution in [-0.4, -0.2) is 34.9 Å². The minimum absolute atomic E-state index is 0.221. The second-order valence-electron chi connectivity index (χ2n) is 7.30. The highest BCUT2D eigenvalue weighted by Gasteiger charge is 2.21. The Morgan fingerprint density at radius 3 is 2.56 bits per heavy atom. The second kappa shape index (κ2) is 9.36. The van der Waals surface area contributed by atoms with E-state index in [4.69, 9.17) is 10.5 Å². The number of ether oxygens (including phenoxy) is 1. The molecule has 0 aliphatic heterocycles. The van der Waals surface area contributed by atoms with E-state index in [9.17, 15) is 9.90 Å². The van der Waals surface area contributed by atoms with Crippen molar-refractivity contribution >= 4 is 34.6 Å². The van der Waals surface area contributed by atoms with Crippen molar-refractivity contribution in [3.05, 3.63) is 89.1 Å². The van der Waals surface area contributed by atoms with Crippen molar-refractivity contribution in [1.82, 2.24) is 15.5 Å². The summed E-state index contributed by atoms with van der Waals surface area (Å²) in [5.41, 5.74) is 9.98. The normalized spacial score (nSPS) is 12.2. The molecule has 0 radical (unpaired) electrons. The lowest BCUT2D eigenvalue weighted by molar-refractivity contribution is 0.0913. The van der Waals surface area contributed by atoms with Crippen LogP contribution in [0, 0.1) is 0 Å². The van der Waals surface area contributed by atoms with Gasteiger partial charge in [-0.25, -0.2) is 0 Å². The highest BCUT2D eigenvalue weighted by molar-refractivity contribution is 6.05. The van der Waals surface area contributed by atoms with Crippen molar-refractivity contribution in [3.8, 4) is 5.75 Å². The average Bonchev–Trinajstić information content (AvgIpc) is 3.25. The van der Waals surface area contributed by atoms with Gasteiger partial charge in [0.15, 0.2) is 0 Å². The highest BCUT2D eigenvalue weighted by Crippen LogP contribution is 2.32. The molecular formula is C25H24N4O3. The number of nitrogens with two attached hydrogens (primary N) is 1. The average molecular weight is 428 g/mol. The number of nitrogens with one attached hydrogen (secondary N) is 2. The summed E-state index contributed by atoms with van der Waals surface area (Å²) in [6, 6.07) is 19.8. The Balaban J connectivity index is 1.67. The molecule has 0 aliphatic carbocycles. The molecule has 1 heterocycles. The molecule has 32 heavy (non-hydrogen) atoms. The van der Waals surface area contributed by atoms with E-state index in [1.807, 2.05) is 66.7 Å². The maximum Gasteiger partial charge on any atom is 0.255 e. The van der Waals surface area contributed by atoms with Crippen molar-refractivity contribution in [2.75, 3.05) is 19.5 Å². The number of rotatable bonds is 7. The lowest BCUT2D eigenvalue weighted by Gasteiger charge is -2.18. The number of aromatic nitrogens is 2. The number of carbonyl (C=O) groups is 1. The Bertz CT molecular complexity index is 1250. The zero-order valence-corrected chi connectivity index (χ0v) is 17.6. The van der Waals surface area contributed by atoms with Gasteiger partial charge < -0.3 is 20.9 Å². The number of amides is 1. The van der Waals surface area contributed by atoms with Crippen LogP contribution in [0.3, 0.4) is 0 Å². The predicted octanol–water partition coefficient (Wildman–Crippen LogP) is 3.79. The van der Waals surface area contributed by atoms with Crippen molar-refractivity contribution in [3.63, 3.8) is 0 Å². The van der Waals surface area contributed by atoms with Gasteiger partial charge in [0.05, 0.1) is 41.9 Å². The molecule has 0 unspecified atom stereocenters. The van der Waals surface area contributed by atoms with Gasteiger partial charge in [0.2, 0.25) is 0 Å². The molecule has 7 heteroatoms. The summed E-state index contributed by atoms with van der Waals surface area (Å²) in [6.45, 7) is -0.221. The van der Waals surface area contributed by atoms with E-state index in [0.717, 1.165) is 16.6 Å². The molecule has 1 atom stereocenters. The van der Waals surface area contributed by atoms with Gasteiger partial charge in [-0.05, 0) is 41.5 Å². The molecule has 1 amide bonds. The molecule has 0 spiro atoms. The number of nitrogen functional groups attached to an aromatic ring is 1. The number of carbonyl (C=O) groups excluding carboxylic acids is 1. The fraction of sp³-hybridized carbons (Fsp3) is 0.120. The topological polar surface area (TPSA) is 113 Å². The number of fused-ring (bicyclic) bond motifs is 1. The van der Waals surface area contributed by atoms with E-state index in [1.54, 1.807) is 12.1 Å². The maximum absolute atomic E-state index is 13.1. The van der Waals surface area contributed by atoms with Gasteiger partial charge in [-0.1, -0.05) is 48.5 Å². The standard InChI is InChI=1S/C25H24N4O3/c1-32-24-19(25(31)27-22(15-30)17-5-3-2-4-6-17)12-14-21-23(24)20(28-29-21)13-9-16-7-10-18(26)11-8-16/h2-14,22,30H,15,26H2,1H3,(H,27,31)(H,28,29)/b13-9+/t22-/m1/s1. The van der Waals surface area contributed by atoms with Gasteiger partial charge in [0.25, 0.3) is 5.91 Å². The number of nitrogens with zero attached hydrogens (tertiary/aromatic N) is 1. The van der Waals surface area contributed by atoms with Crippen LogP contribution < -0.4 is 15.8 Å². The van der Waals surface area contributed by atoms with Gasteiger partial charge in [-0.3, -0.25) is 9.89 Å². The molecule has 0 bridgehead atoms. The number of hydrogen-bond acceptors (Lipinski definition) is 5. The first-order chi connectivity index (χ1) is 15.6. The largest absolute Gasteiger partial charge is 0.495 e. The Hall–Kier alpha value is -4.10. The summed E-state index contributed by atoms with van der Waals surface area (Å²) in [4.78, 5) is 13.1. The number of aliphatic hydroxyl groups is 1. The molecule has 0 saturated carbocycles. The fourth-order valence-corrected chi connectivity index (χ4v) is 3.56. The number of methoxy groups -OCH3 is 1. The number of hydrogen-bond donors (Lipinski definition) is 4. The lowest BCUT2D eigenvalue weighted by Crippen LogP contribution is -2.31. The number of benzene rings is 3. The summed E-state index contributed by atoms with van der Waals surface area (Å²) in [7, 11) is 1.52. The van der Waals surface area contributed by atoms with Gasteiger partial charge >= 0.3 is 0 Å². The van der Waals surface area contributed by atoms with Crippen molar-refractivity contribution in [1.29, 1.82) is 0 Å². The SMILES string of the molecule is COc1c(C(=O)N[C@H](CO)c2ccccc2)ccc2[nH]nc(/C=C/c3ccc(N)cc3)c12. The van der Waals surface area contributed by atoms with E-state index >= 15 is 0 Å². The van der Waals surface area contributed by atoms with Crippen LogP contribution in [0.4, 0.5) is 5.69 Å². The van der Waals surface area contributed by atoms with Crippen LogP contribution in [-0.2, 0) is 0 Å². The lowest BCUT2D eigenvalue weighted by atomic mass is 10.0. The van der Waals surface area contributed by atoms with E-state index in [2.05, 4.69) is 15.5 Å². The third-order valence-electron chi connectivity index (χ3n) is 5.22. The first kappa shape index (κ1) is 21.1. The van der Waals surface area contributed by atoms with Crippen LogP contribution in [0.25, 0.3) is 23.1 Å². The van der Waals surface area contributed by atoms with Gasteiger partial charge in [0, 0.05) is 5.69 Å². The smallest absolute Gasteiger partial charge is 0.255 e. The molecule has 5 N–H and O–H groups in total. The number of H-pyrrole nitrogens is 1. The molecule has 0 aliphatic rings. The summed E-state index contributed by atoms with van der Waals surface area (Å²) >= 11 is 0. The predicted molar refractivity (Wildman–Crippen MR) is 126 cm³/mol. The first-order valence-electron chi connectivity index (χ1n) is 10.2. The minimum atomic E-state index is -0.529. The molecule has 3 aromatic carbocycles. The van der Waals surface area contributed by atoms with Crippen LogP contribution >= 0.6 is 0 Å². The third kappa shape index (κ3) is 4.33. The van der Waals surface area contributed by atoms with E-state index in [1.165, 1.54) is 7.11 Å². The Labute approximate surface area is 185 Å². The summed E-state index contributed by atoms with van der Waals surface area (Å²) in [5.74, 6) is 0.0665. The number of aliphatic hydroxyl groups excluding tert-OH is 1. The third-order valence-corrected chi connectivity index (χ3v) is 5.22. The van der Waals surface area contributed by atoms with Gasteiger partial charge in [0.1, 0.15) is 5.75 Å². The molecule has 162 valence electrons. The first-order valence-corrected chi connectivity index (χ1v) is 10.2. The highest BCUT2D eigenvalue weighted by atomic mass is 16.5. The van der Waals surface area contributed by atoms with Crippen LogP contribution in [0.1, 0.15) is 33.2 Å². The monoisotopic (exact) mass is 428 g/mol. The number of aromatic amines is 1. The number of anilines is 1. The molecule has 4 aromatic rings. The molecular weight excluding hydrogens is 404 g/mol. The summed E-state index contributed by atoms with van der Waals surface area (Å²) in [5, 5.41) is 20.7. The quantitative estimate of drug-likeness (QED) is 0.335. The molecule has 4 rings (SSSR count). The van der Waals surface area contributed by atoms with Crippen LogP contribution in [0.2, 0.25) is 0 Å². The molecule has 1 aromatic heterocycles. The van der Waals surface area contributed by atoms with Crippen molar-refractivity contribution in [2.24, 2.45) is 0 Å². The zero-order valence-electron chi connectivity index (χ0n) is 17.6. The fourth-order valence-electron chi connectivity index (χ4n) is 3.56. The van der Waals surface area contributed by atoms with Crippen molar-refractivity contribution < 1.29 is 14.6 Å². The minimum Gasteiger partial charge on any atom is -0.495 e. The summed E-state index contributed by atoms with van der Waals surface area (Å²) < 4.78 is 5.63. The van der Waals surface area contributed by atoms with E-state index in [-0.39, 0.29) is 12.5 Å². The molecule has 7 nitrogen and oxygen atoms in total. The molecule has 0 saturated heterocycles. The molecule has 0 fully saturated rings. The zero-order chi connectivity index (χ0) is 22.5. The van der Waals surface area contributed by atoms with E-state index < -0.39 is 6.04 Å². The van der Waals surface area contributed by atoms with Crippen LogP contribution in [0.15, 0.2) is 66.7 Å². The maximum atomic E-state index is 13.1. The Morgan fingerprint density at radius 2 is 1.88 bits per heavy atom. The summed E-state index contributed by atoms with van der Waals surface area (Å²) in [6.07, 6.45) is 3.77. The second-order valence-corrected chi connectivity index (χ2v) is 7.30. The van der Waals surface area contributed by atoms with Crippen molar-refractivity contribution in [2.45, 2.75) is 6.04 Å². The van der Waals surface area contributed by atoms with Gasteiger partial charge in [-0.15, -0.1) is 0 Å². The Kier molecular flexibility index (Phi) is 6.19. The van der Waals surface area contributed by atoms with Gasteiger partial charge in [-0.2, -0.15) is 5.10 Å². The van der Waals surface area contributed by atoms with Crippen LogP contribution in [0.5, 0.6) is 5.75 Å². The van der Waals surface area contributed by atoms with E-state index in [0.29, 0.717) is 28.1 Å².